The first kappa shape index (κ1) is 13.0. The van der Waals surface area contributed by atoms with Gasteiger partial charge in [-0.15, -0.1) is 5.10 Å². The van der Waals surface area contributed by atoms with Gasteiger partial charge in [-0.2, -0.15) is 0 Å². The van der Waals surface area contributed by atoms with Gasteiger partial charge in [0.25, 0.3) is 0 Å². The third-order valence-corrected chi connectivity index (χ3v) is 3.76. The number of hydrogen-bond acceptors (Lipinski definition) is 4. The van der Waals surface area contributed by atoms with Crippen molar-refractivity contribution in [1.29, 1.82) is 0 Å². The molecule has 0 radical (unpaired) electrons. The molecule has 96 valence electrons. The van der Waals surface area contributed by atoms with Crippen LogP contribution in [0.1, 0.15) is 12.5 Å². The van der Waals surface area contributed by atoms with Gasteiger partial charge in [0.1, 0.15) is 0 Å². The van der Waals surface area contributed by atoms with E-state index in [1.807, 2.05) is 13.0 Å². The molecule has 0 aliphatic rings. The fraction of sp³-hybridized carbons (Fsp3) is 0.273. The van der Waals surface area contributed by atoms with Gasteiger partial charge in [-0.3, -0.25) is 4.57 Å². The summed E-state index contributed by atoms with van der Waals surface area (Å²) in [6, 6.07) is 5.39. The number of halogens is 1. The van der Waals surface area contributed by atoms with Crippen LogP contribution in [0, 0.1) is 0 Å². The van der Waals surface area contributed by atoms with E-state index >= 15 is 0 Å². The van der Waals surface area contributed by atoms with E-state index < -0.39 is 0 Å². The van der Waals surface area contributed by atoms with E-state index in [0.29, 0.717) is 28.2 Å². The van der Waals surface area contributed by atoms with Crippen LogP contribution in [0.5, 0.6) is 0 Å². The van der Waals surface area contributed by atoms with Gasteiger partial charge in [0.05, 0.1) is 0 Å². The summed E-state index contributed by atoms with van der Waals surface area (Å²) in [7, 11) is 0. The molecule has 0 bridgehead atoms. The third-order valence-electron chi connectivity index (χ3n) is 2.50. The molecule has 0 amide bonds. The van der Waals surface area contributed by atoms with Crippen LogP contribution < -0.4 is 11.4 Å². The zero-order valence-electron chi connectivity index (χ0n) is 9.81. The number of nitrogen functional groups attached to an aromatic ring is 1. The van der Waals surface area contributed by atoms with E-state index in [2.05, 4.69) is 10.2 Å². The van der Waals surface area contributed by atoms with Gasteiger partial charge in [-0.1, -0.05) is 29.4 Å². The summed E-state index contributed by atoms with van der Waals surface area (Å²) in [6.07, 6.45) is 0. The number of benzene rings is 1. The van der Waals surface area contributed by atoms with Gasteiger partial charge in [0.15, 0.2) is 5.16 Å². The quantitative estimate of drug-likeness (QED) is 0.666. The SMILES string of the molecule is CCn1c(SCc2ccc(Cl)cc2N)n[nH]c1=O. The molecule has 5 nitrogen and oxygen atoms in total. The van der Waals surface area contributed by atoms with Crippen molar-refractivity contribution >= 4 is 29.1 Å². The average molecular weight is 285 g/mol. The van der Waals surface area contributed by atoms with Gasteiger partial charge in [0, 0.05) is 23.0 Å². The second kappa shape index (κ2) is 5.49. The lowest BCUT2D eigenvalue weighted by Crippen LogP contribution is -2.16. The van der Waals surface area contributed by atoms with Crippen molar-refractivity contribution in [2.45, 2.75) is 24.4 Å². The highest BCUT2D eigenvalue weighted by atomic mass is 35.5. The molecule has 0 aliphatic carbocycles. The zero-order valence-corrected chi connectivity index (χ0v) is 11.4. The number of H-pyrrole nitrogens is 1. The maximum absolute atomic E-state index is 11.4. The first-order valence-electron chi connectivity index (χ1n) is 5.43. The normalized spacial score (nSPS) is 10.8. The van der Waals surface area contributed by atoms with Crippen molar-refractivity contribution in [3.63, 3.8) is 0 Å². The zero-order chi connectivity index (χ0) is 13.1. The Labute approximate surface area is 113 Å². The van der Waals surface area contributed by atoms with Crippen LogP contribution in [0.4, 0.5) is 5.69 Å². The Balaban J connectivity index is 2.14. The summed E-state index contributed by atoms with van der Waals surface area (Å²) in [5.41, 5.74) is 7.30. The maximum atomic E-state index is 11.4. The number of aromatic nitrogens is 3. The molecule has 2 rings (SSSR count). The molecular weight excluding hydrogens is 272 g/mol. The van der Waals surface area contributed by atoms with Crippen molar-refractivity contribution in [3.05, 3.63) is 39.3 Å². The second-order valence-corrected chi connectivity index (χ2v) is 5.07. The van der Waals surface area contributed by atoms with Gasteiger partial charge < -0.3 is 5.73 Å². The number of hydrogen-bond donors (Lipinski definition) is 2. The molecule has 7 heteroatoms. The molecule has 0 saturated heterocycles. The fourth-order valence-electron chi connectivity index (χ4n) is 1.53. The molecule has 1 aromatic carbocycles. The minimum absolute atomic E-state index is 0.191. The van der Waals surface area contributed by atoms with E-state index in [1.165, 1.54) is 11.8 Å². The molecule has 0 saturated carbocycles. The molecular formula is C11H13ClN4OS. The largest absolute Gasteiger partial charge is 0.398 e. The number of nitrogens with one attached hydrogen (secondary N) is 1. The van der Waals surface area contributed by atoms with Gasteiger partial charge in [0.2, 0.25) is 0 Å². The summed E-state index contributed by atoms with van der Waals surface area (Å²) in [5, 5.41) is 7.68. The van der Waals surface area contributed by atoms with Crippen LogP contribution >= 0.6 is 23.4 Å². The second-order valence-electron chi connectivity index (χ2n) is 3.69. The van der Waals surface area contributed by atoms with Crippen molar-refractivity contribution < 1.29 is 0 Å². The first-order valence-corrected chi connectivity index (χ1v) is 6.80. The third kappa shape index (κ3) is 2.70. The van der Waals surface area contributed by atoms with Crippen LogP contribution in [0.2, 0.25) is 5.02 Å². The Morgan fingerprint density at radius 1 is 1.56 bits per heavy atom. The minimum atomic E-state index is -0.191. The average Bonchev–Trinajstić information content (AvgIpc) is 2.69. The van der Waals surface area contributed by atoms with Crippen molar-refractivity contribution in [3.8, 4) is 0 Å². The summed E-state index contributed by atoms with van der Waals surface area (Å²) >= 11 is 7.30. The Bertz CT molecular complexity index is 607. The Kier molecular flexibility index (Phi) is 3.98. The van der Waals surface area contributed by atoms with E-state index in [0.717, 1.165) is 5.56 Å². The summed E-state index contributed by atoms with van der Waals surface area (Å²) in [6.45, 7) is 2.49. The lowest BCUT2D eigenvalue weighted by Gasteiger charge is -2.05. The molecule has 3 N–H and O–H groups in total. The smallest absolute Gasteiger partial charge is 0.343 e. The van der Waals surface area contributed by atoms with Crippen LogP contribution in [0.3, 0.4) is 0 Å². The van der Waals surface area contributed by atoms with E-state index in [-0.39, 0.29) is 5.69 Å². The molecule has 0 unspecified atom stereocenters. The topological polar surface area (TPSA) is 76.7 Å². The lowest BCUT2D eigenvalue weighted by molar-refractivity contribution is 0.660. The van der Waals surface area contributed by atoms with Crippen molar-refractivity contribution in [2.75, 3.05) is 5.73 Å². The van der Waals surface area contributed by atoms with Crippen LogP contribution in [-0.2, 0) is 12.3 Å². The Morgan fingerprint density at radius 3 is 3.00 bits per heavy atom. The molecule has 18 heavy (non-hydrogen) atoms. The number of rotatable bonds is 4. The maximum Gasteiger partial charge on any atom is 0.343 e. The number of nitrogens with zero attached hydrogens (tertiary/aromatic N) is 2. The molecule has 0 spiro atoms. The number of thioether (sulfide) groups is 1. The van der Waals surface area contributed by atoms with Gasteiger partial charge >= 0.3 is 5.69 Å². The van der Waals surface area contributed by atoms with Crippen molar-refractivity contribution in [1.82, 2.24) is 14.8 Å². The molecule has 1 aromatic heterocycles. The van der Waals surface area contributed by atoms with E-state index in [4.69, 9.17) is 17.3 Å². The molecule has 0 aliphatic heterocycles. The van der Waals surface area contributed by atoms with E-state index in [1.54, 1.807) is 16.7 Å². The van der Waals surface area contributed by atoms with Crippen molar-refractivity contribution in [2.24, 2.45) is 0 Å². The molecule has 2 aromatic rings. The van der Waals surface area contributed by atoms with Gasteiger partial charge in [-0.05, 0) is 24.6 Å². The fourth-order valence-corrected chi connectivity index (χ4v) is 2.74. The number of nitrogens with two attached hydrogens (primary N) is 1. The summed E-state index contributed by atoms with van der Waals surface area (Å²) < 4.78 is 1.58. The monoisotopic (exact) mass is 284 g/mol. The summed E-state index contributed by atoms with van der Waals surface area (Å²) in [5.74, 6) is 0.646. The molecule has 0 fully saturated rings. The van der Waals surface area contributed by atoms with Crippen LogP contribution in [-0.4, -0.2) is 14.8 Å². The van der Waals surface area contributed by atoms with Crippen LogP contribution in [0.25, 0.3) is 0 Å². The van der Waals surface area contributed by atoms with E-state index in [9.17, 15) is 4.79 Å². The van der Waals surface area contributed by atoms with Gasteiger partial charge in [-0.25, -0.2) is 9.89 Å². The predicted molar refractivity (Wildman–Crippen MR) is 73.9 cm³/mol. The van der Waals surface area contributed by atoms with Crippen LogP contribution in [0.15, 0.2) is 28.2 Å². The predicted octanol–water partition coefficient (Wildman–Crippen LogP) is 2.12. The molecule has 0 atom stereocenters. The summed E-state index contributed by atoms with van der Waals surface area (Å²) in [4.78, 5) is 11.4. The standard InChI is InChI=1S/C11H13ClN4OS/c1-2-16-10(17)14-15-11(16)18-6-7-3-4-8(12)5-9(7)13/h3-5H,2,6,13H2,1H3,(H,14,17). The number of anilines is 1. The lowest BCUT2D eigenvalue weighted by atomic mass is 10.2. The Morgan fingerprint density at radius 2 is 2.33 bits per heavy atom. The Hall–Kier alpha value is -1.40. The number of aromatic amines is 1. The minimum Gasteiger partial charge on any atom is -0.398 e. The molecule has 1 heterocycles. The first-order chi connectivity index (χ1) is 8.61. The highest BCUT2D eigenvalue weighted by Crippen LogP contribution is 2.25. The highest BCUT2D eigenvalue weighted by molar-refractivity contribution is 7.98. The highest BCUT2D eigenvalue weighted by Gasteiger charge is 2.08.